The summed E-state index contributed by atoms with van der Waals surface area (Å²) in [7, 11) is 0. The molecule has 2 aromatic carbocycles. The van der Waals surface area contributed by atoms with Crippen LogP contribution in [0.2, 0.25) is 0 Å². The fraction of sp³-hybridized carbons (Fsp3) is 0.143. The van der Waals surface area contributed by atoms with Gasteiger partial charge in [-0.25, -0.2) is 13.2 Å². The maximum Gasteiger partial charge on any atom is 0.137 e. The zero-order valence-electron chi connectivity index (χ0n) is 10.0. The number of benzene rings is 2. The average molecular weight is 284 g/mol. The Morgan fingerprint density at radius 3 is 2.47 bits per heavy atom. The van der Waals surface area contributed by atoms with Gasteiger partial charge in [0.15, 0.2) is 0 Å². The van der Waals surface area contributed by atoms with Crippen molar-refractivity contribution in [3.63, 3.8) is 0 Å². The fourth-order valence-corrected chi connectivity index (χ4v) is 2.71. The zero-order valence-corrected chi connectivity index (χ0v) is 10.8. The van der Waals surface area contributed by atoms with Crippen molar-refractivity contribution in [2.75, 3.05) is 0 Å². The molecule has 0 amide bonds. The van der Waals surface area contributed by atoms with Crippen LogP contribution < -0.4 is 0 Å². The van der Waals surface area contributed by atoms with Gasteiger partial charge in [-0.3, -0.25) is 0 Å². The lowest BCUT2D eigenvalue weighted by molar-refractivity contribution is 0.195. The Bertz CT molecular complexity index is 599. The molecule has 0 aliphatic heterocycles. The highest BCUT2D eigenvalue weighted by Crippen LogP contribution is 2.36. The molecular formula is C14H11F3OS. The lowest BCUT2D eigenvalue weighted by Crippen LogP contribution is -1.97. The molecule has 100 valence electrons. The molecule has 0 fully saturated rings. The molecule has 2 aromatic rings. The van der Waals surface area contributed by atoms with Gasteiger partial charge in [0, 0.05) is 0 Å². The van der Waals surface area contributed by atoms with E-state index in [0.29, 0.717) is 5.56 Å². The van der Waals surface area contributed by atoms with E-state index in [2.05, 4.69) is 0 Å². The Hall–Kier alpha value is -1.46. The minimum absolute atomic E-state index is 0.0213. The van der Waals surface area contributed by atoms with E-state index in [1.165, 1.54) is 19.1 Å². The van der Waals surface area contributed by atoms with Crippen LogP contribution in [-0.2, 0) is 0 Å². The van der Waals surface area contributed by atoms with Gasteiger partial charge in [-0.2, -0.15) is 0 Å². The van der Waals surface area contributed by atoms with Gasteiger partial charge < -0.3 is 5.11 Å². The highest BCUT2D eigenvalue weighted by atomic mass is 32.2. The Labute approximate surface area is 113 Å². The van der Waals surface area contributed by atoms with Crippen molar-refractivity contribution in [3.05, 3.63) is 59.4 Å². The Balaban J connectivity index is 2.46. The maximum atomic E-state index is 13.8. The maximum absolute atomic E-state index is 13.8. The Morgan fingerprint density at radius 1 is 1.05 bits per heavy atom. The summed E-state index contributed by atoms with van der Waals surface area (Å²) in [5, 5.41) is 9.58. The predicted molar refractivity (Wildman–Crippen MR) is 67.5 cm³/mol. The molecule has 0 aliphatic carbocycles. The summed E-state index contributed by atoms with van der Waals surface area (Å²) in [5.41, 5.74) is 0.341. The van der Waals surface area contributed by atoms with E-state index in [-0.39, 0.29) is 9.79 Å². The van der Waals surface area contributed by atoms with Crippen molar-refractivity contribution in [1.82, 2.24) is 0 Å². The minimum atomic E-state index is -0.894. The van der Waals surface area contributed by atoms with Gasteiger partial charge in [-0.15, -0.1) is 0 Å². The summed E-state index contributed by atoms with van der Waals surface area (Å²) in [6.07, 6.45) is -0.894. The molecule has 0 saturated carbocycles. The fourth-order valence-electron chi connectivity index (χ4n) is 1.63. The van der Waals surface area contributed by atoms with Gasteiger partial charge in [-0.05, 0) is 36.8 Å². The van der Waals surface area contributed by atoms with E-state index in [1.807, 2.05) is 0 Å². The van der Waals surface area contributed by atoms with Crippen molar-refractivity contribution < 1.29 is 18.3 Å². The smallest absolute Gasteiger partial charge is 0.137 e. The van der Waals surface area contributed by atoms with E-state index < -0.39 is 23.6 Å². The second-order valence-electron chi connectivity index (χ2n) is 4.01. The van der Waals surface area contributed by atoms with Crippen molar-refractivity contribution in [3.8, 4) is 0 Å². The summed E-state index contributed by atoms with van der Waals surface area (Å²) in [6.45, 7) is 1.49. The predicted octanol–water partition coefficient (Wildman–Crippen LogP) is 4.31. The van der Waals surface area contributed by atoms with Gasteiger partial charge in [0.25, 0.3) is 0 Å². The molecule has 2 rings (SSSR count). The second kappa shape index (κ2) is 5.67. The molecule has 1 N–H and O–H groups in total. The third-order valence-electron chi connectivity index (χ3n) is 2.55. The third kappa shape index (κ3) is 3.11. The Kier molecular flexibility index (Phi) is 4.17. The Morgan fingerprint density at radius 2 is 1.79 bits per heavy atom. The zero-order chi connectivity index (χ0) is 14.0. The first-order valence-electron chi connectivity index (χ1n) is 5.58. The summed E-state index contributed by atoms with van der Waals surface area (Å²) >= 11 is 0.760. The number of aliphatic hydroxyl groups is 1. The number of hydrogen-bond acceptors (Lipinski definition) is 2. The normalized spacial score (nSPS) is 12.5. The van der Waals surface area contributed by atoms with Crippen LogP contribution >= 0.6 is 11.8 Å². The molecule has 0 bridgehead atoms. The van der Waals surface area contributed by atoms with Crippen LogP contribution in [0.15, 0.2) is 46.2 Å². The minimum Gasteiger partial charge on any atom is -0.389 e. The molecule has 0 heterocycles. The molecule has 0 spiro atoms. The van der Waals surface area contributed by atoms with E-state index in [0.717, 1.165) is 30.0 Å². The third-order valence-corrected chi connectivity index (χ3v) is 3.72. The SMILES string of the molecule is CC(O)c1cccc(F)c1Sc1cc(F)ccc1F. The second-order valence-corrected chi connectivity index (χ2v) is 5.06. The lowest BCUT2D eigenvalue weighted by atomic mass is 10.1. The van der Waals surface area contributed by atoms with Crippen molar-refractivity contribution in [2.45, 2.75) is 22.8 Å². The molecule has 0 radical (unpaired) electrons. The van der Waals surface area contributed by atoms with Gasteiger partial charge in [0.1, 0.15) is 17.5 Å². The summed E-state index contributed by atoms with van der Waals surface area (Å²) in [6, 6.07) is 7.21. The largest absolute Gasteiger partial charge is 0.389 e. The lowest BCUT2D eigenvalue weighted by Gasteiger charge is -2.12. The van der Waals surface area contributed by atoms with E-state index in [1.54, 1.807) is 6.07 Å². The van der Waals surface area contributed by atoms with Crippen molar-refractivity contribution >= 4 is 11.8 Å². The number of halogens is 3. The molecule has 0 aromatic heterocycles. The van der Waals surface area contributed by atoms with Crippen LogP contribution in [0.4, 0.5) is 13.2 Å². The number of aliphatic hydroxyl groups excluding tert-OH is 1. The first kappa shape index (κ1) is 14.0. The van der Waals surface area contributed by atoms with Gasteiger partial charge >= 0.3 is 0 Å². The quantitative estimate of drug-likeness (QED) is 0.906. The van der Waals surface area contributed by atoms with Crippen LogP contribution in [0.1, 0.15) is 18.6 Å². The number of rotatable bonds is 3. The van der Waals surface area contributed by atoms with Gasteiger partial charge in [0.05, 0.1) is 15.9 Å². The molecule has 19 heavy (non-hydrogen) atoms. The van der Waals surface area contributed by atoms with E-state index >= 15 is 0 Å². The monoisotopic (exact) mass is 284 g/mol. The summed E-state index contributed by atoms with van der Waals surface area (Å²) in [4.78, 5) is 0.0778. The van der Waals surface area contributed by atoms with Crippen LogP contribution in [0.5, 0.6) is 0 Å². The highest BCUT2D eigenvalue weighted by molar-refractivity contribution is 7.99. The van der Waals surface area contributed by atoms with Crippen molar-refractivity contribution in [1.29, 1.82) is 0 Å². The van der Waals surface area contributed by atoms with Crippen LogP contribution in [-0.4, -0.2) is 5.11 Å². The van der Waals surface area contributed by atoms with E-state index in [4.69, 9.17) is 0 Å². The van der Waals surface area contributed by atoms with Crippen molar-refractivity contribution in [2.24, 2.45) is 0 Å². The molecular weight excluding hydrogens is 273 g/mol. The summed E-state index contributed by atoms with van der Waals surface area (Å²) < 4.78 is 40.4. The standard InChI is InChI=1S/C14H11F3OS/c1-8(18)10-3-2-4-12(17)14(10)19-13-7-9(15)5-6-11(13)16/h2-8,18H,1H3. The van der Waals surface area contributed by atoms with Crippen LogP contribution in [0.3, 0.4) is 0 Å². The highest BCUT2D eigenvalue weighted by Gasteiger charge is 2.16. The van der Waals surface area contributed by atoms with Gasteiger partial charge in [0.2, 0.25) is 0 Å². The summed E-state index contributed by atoms with van der Waals surface area (Å²) in [5.74, 6) is -1.81. The molecule has 1 nitrogen and oxygen atoms in total. The molecule has 1 unspecified atom stereocenters. The molecule has 5 heteroatoms. The topological polar surface area (TPSA) is 20.2 Å². The van der Waals surface area contributed by atoms with Gasteiger partial charge in [-0.1, -0.05) is 23.9 Å². The molecule has 0 aliphatic rings. The van der Waals surface area contributed by atoms with E-state index in [9.17, 15) is 18.3 Å². The first-order valence-corrected chi connectivity index (χ1v) is 6.40. The average Bonchev–Trinajstić information content (AvgIpc) is 2.35. The van der Waals surface area contributed by atoms with Crippen LogP contribution in [0, 0.1) is 17.5 Å². The molecule has 0 saturated heterocycles. The first-order chi connectivity index (χ1) is 8.99. The number of hydrogen-bond donors (Lipinski definition) is 1. The molecule has 1 atom stereocenters. The van der Waals surface area contributed by atoms with Crippen LogP contribution in [0.25, 0.3) is 0 Å².